The van der Waals surface area contributed by atoms with Crippen LogP contribution in [-0.4, -0.2) is 75.9 Å². The number of nitrogens with zero attached hydrogens (tertiary/aromatic N) is 6. The zero-order valence-corrected chi connectivity index (χ0v) is 23.5. The molecule has 0 fully saturated rings. The molecule has 1 aromatic heterocycles. The summed E-state index contributed by atoms with van der Waals surface area (Å²) >= 11 is 1.40. The molecule has 0 aliphatic heterocycles. The number of likely N-dealkylation sites (N-methyl/N-ethyl adjacent to an activating group) is 1. The van der Waals surface area contributed by atoms with Crippen LogP contribution in [-0.2, 0) is 10.0 Å². The Bertz CT molecular complexity index is 1450. The molecule has 1 heterocycles. The van der Waals surface area contributed by atoms with E-state index < -0.39 is 10.0 Å². The highest BCUT2D eigenvalue weighted by Crippen LogP contribution is 2.36. The number of thiazole rings is 1. The summed E-state index contributed by atoms with van der Waals surface area (Å²) in [5.41, 5.74) is 2.02. The van der Waals surface area contributed by atoms with Crippen LogP contribution in [0.5, 0.6) is 5.75 Å². The van der Waals surface area contributed by atoms with Crippen molar-refractivity contribution in [3.05, 3.63) is 47.5 Å². The number of carbonyl (C=O) groups excluding carboxylic acids is 1. The average molecular weight is 555 g/mol. The maximum absolute atomic E-state index is 13.7. The van der Waals surface area contributed by atoms with Gasteiger partial charge in [0, 0.05) is 44.6 Å². The fourth-order valence-electron chi connectivity index (χ4n) is 3.74. The lowest BCUT2D eigenvalue weighted by Gasteiger charge is -2.22. The Hall–Kier alpha value is -3.55. The number of hydrogen-bond donors (Lipinski definition) is 0. The highest BCUT2D eigenvalue weighted by Gasteiger charge is 2.26. The fourth-order valence-corrected chi connectivity index (χ4v) is 6.26. The van der Waals surface area contributed by atoms with Crippen molar-refractivity contribution in [2.45, 2.75) is 24.7 Å². The highest BCUT2D eigenvalue weighted by molar-refractivity contribution is 7.89. The van der Waals surface area contributed by atoms with Crippen molar-refractivity contribution >= 4 is 42.6 Å². The lowest BCUT2D eigenvalue weighted by molar-refractivity contribution is 0.0985. The van der Waals surface area contributed by atoms with E-state index in [4.69, 9.17) is 20.2 Å². The van der Waals surface area contributed by atoms with Crippen LogP contribution in [0, 0.1) is 29.6 Å². The van der Waals surface area contributed by atoms with Gasteiger partial charge >= 0.3 is 0 Å². The summed E-state index contributed by atoms with van der Waals surface area (Å²) in [7, 11) is 1.47. The van der Waals surface area contributed by atoms with Gasteiger partial charge in [0.15, 0.2) is 5.13 Å². The average Bonchev–Trinajstić information content (AvgIpc) is 3.35. The van der Waals surface area contributed by atoms with E-state index in [1.807, 2.05) is 50.2 Å². The zero-order chi connectivity index (χ0) is 27.9. The van der Waals surface area contributed by atoms with Crippen molar-refractivity contribution in [3.63, 3.8) is 0 Å². The first-order valence-corrected chi connectivity index (χ1v) is 14.1. The molecule has 0 bridgehead atoms. The van der Waals surface area contributed by atoms with Crippen LogP contribution >= 0.6 is 11.3 Å². The Morgan fingerprint density at radius 3 is 2.18 bits per heavy atom. The molecule has 3 aromatic rings. The number of carbonyl (C=O) groups is 1. The van der Waals surface area contributed by atoms with E-state index in [0.717, 1.165) is 14.6 Å². The molecule has 3 rings (SSSR count). The fraction of sp³-hybridized carbons (Fsp3) is 0.385. The van der Waals surface area contributed by atoms with Gasteiger partial charge in [-0.1, -0.05) is 17.4 Å². The second-order valence-electron chi connectivity index (χ2n) is 8.76. The van der Waals surface area contributed by atoms with Gasteiger partial charge in [0.1, 0.15) is 11.3 Å². The molecular weight excluding hydrogens is 524 g/mol. The monoisotopic (exact) mass is 554 g/mol. The number of amides is 1. The summed E-state index contributed by atoms with van der Waals surface area (Å²) in [6, 6.07) is 13.4. The van der Waals surface area contributed by atoms with Crippen molar-refractivity contribution in [3.8, 4) is 17.9 Å². The number of sulfonamides is 1. The Morgan fingerprint density at radius 2 is 1.63 bits per heavy atom. The second-order valence-corrected chi connectivity index (χ2v) is 11.7. The van der Waals surface area contributed by atoms with Gasteiger partial charge in [-0.2, -0.15) is 14.8 Å². The molecule has 0 aliphatic rings. The number of ether oxygens (including phenoxy) is 1. The molecule has 0 atom stereocenters. The summed E-state index contributed by atoms with van der Waals surface area (Å²) in [6.45, 7) is 2.92. The minimum Gasteiger partial charge on any atom is -0.494 e. The molecule has 1 amide bonds. The molecule has 10 nitrogen and oxygen atoms in total. The summed E-state index contributed by atoms with van der Waals surface area (Å²) in [5, 5.41) is 18.3. The first kappa shape index (κ1) is 29.0. The molecule has 0 saturated carbocycles. The van der Waals surface area contributed by atoms with Gasteiger partial charge in [-0.05, 0) is 56.9 Å². The van der Waals surface area contributed by atoms with E-state index >= 15 is 0 Å². The van der Waals surface area contributed by atoms with Crippen molar-refractivity contribution < 1.29 is 17.9 Å². The number of aromatic nitrogens is 1. The van der Waals surface area contributed by atoms with Gasteiger partial charge in [-0.25, -0.2) is 13.4 Å². The number of hydrogen-bond acceptors (Lipinski definition) is 9. The maximum atomic E-state index is 13.7. The Balaban J connectivity index is 1.96. The molecule has 0 radical (unpaired) electrons. The normalized spacial score (nSPS) is 11.5. The third-order valence-electron chi connectivity index (χ3n) is 5.84. The van der Waals surface area contributed by atoms with Crippen LogP contribution in [0.3, 0.4) is 0 Å². The van der Waals surface area contributed by atoms with Crippen LogP contribution in [0.4, 0.5) is 5.13 Å². The van der Waals surface area contributed by atoms with E-state index in [9.17, 15) is 13.2 Å². The van der Waals surface area contributed by atoms with Gasteiger partial charge in [-0.15, -0.1) is 0 Å². The third kappa shape index (κ3) is 6.47. The van der Waals surface area contributed by atoms with E-state index in [0.29, 0.717) is 35.1 Å². The van der Waals surface area contributed by atoms with Crippen molar-refractivity contribution in [2.24, 2.45) is 0 Å². The topological polar surface area (TPSA) is 131 Å². The number of anilines is 1. The number of aryl methyl sites for hydroxylation is 1. The molecule has 0 N–H and O–H groups in total. The first-order valence-electron chi connectivity index (χ1n) is 11.9. The van der Waals surface area contributed by atoms with E-state index in [2.05, 4.69) is 0 Å². The summed E-state index contributed by atoms with van der Waals surface area (Å²) in [4.78, 5) is 21.9. The molecule has 0 spiro atoms. The van der Waals surface area contributed by atoms with Gasteiger partial charge in [0.25, 0.3) is 5.91 Å². The second kappa shape index (κ2) is 12.8. The SMILES string of the molecule is COc1ccc(C)c2sc(N(CCN(C)C)C(=O)c3ccc(S(=O)(=O)N(CCC#N)CCC#N)cc3)nc12. The smallest absolute Gasteiger partial charge is 0.260 e. The molecule has 38 heavy (non-hydrogen) atoms. The molecule has 0 aliphatic carbocycles. The Kier molecular flexibility index (Phi) is 9.78. The number of rotatable bonds is 12. The zero-order valence-electron chi connectivity index (χ0n) is 21.8. The minimum atomic E-state index is -3.94. The highest BCUT2D eigenvalue weighted by atomic mass is 32.2. The molecule has 0 saturated heterocycles. The molecule has 2 aromatic carbocycles. The van der Waals surface area contributed by atoms with Gasteiger partial charge < -0.3 is 9.64 Å². The van der Waals surface area contributed by atoms with Crippen LogP contribution in [0.1, 0.15) is 28.8 Å². The molecule has 12 heteroatoms. The quantitative estimate of drug-likeness (QED) is 0.332. The van der Waals surface area contributed by atoms with Crippen LogP contribution in [0.2, 0.25) is 0 Å². The summed E-state index contributed by atoms with van der Waals surface area (Å²) < 4.78 is 33.8. The summed E-state index contributed by atoms with van der Waals surface area (Å²) in [6.07, 6.45) is 0.0168. The molecule has 200 valence electrons. The lowest BCUT2D eigenvalue weighted by atomic mass is 10.2. The third-order valence-corrected chi connectivity index (χ3v) is 8.97. The predicted octanol–water partition coefficient (Wildman–Crippen LogP) is 3.64. The Labute approximate surface area is 227 Å². The van der Waals surface area contributed by atoms with Gasteiger partial charge in [-0.3, -0.25) is 9.69 Å². The lowest BCUT2D eigenvalue weighted by Crippen LogP contribution is -2.37. The number of benzene rings is 2. The van der Waals surface area contributed by atoms with Crippen LogP contribution in [0.25, 0.3) is 10.2 Å². The molecular formula is C26H30N6O4S2. The van der Waals surface area contributed by atoms with Crippen molar-refractivity contribution in [2.75, 3.05) is 52.3 Å². The predicted molar refractivity (Wildman–Crippen MR) is 147 cm³/mol. The summed E-state index contributed by atoms with van der Waals surface area (Å²) in [5.74, 6) is 0.317. The number of fused-ring (bicyclic) bond motifs is 1. The largest absolute Gasteiger partial charge is 0.494 e. The first-order chi connectivity index (χ1) is 18.1. The Morgan fingerprint density at radius 1 is 1.00 bits per heavy atom. The minimum absolute atomic E-state index is 0.00842. The standard InChI is InChI=1S/C26H30N6O4S2/c1-19-7-12-22(36-4)23-24(19)37-26(29-23)32(18-17-30(2)3)25(33)20-8-10-21(11-9-20)38(34,35)31(15-5-13-27)16-6-14-28/h7-12H,5-6,15-18H2,1-4H3. The number of nitriles is 2. The van der Waals surface area contributed by atoms with Crippen molar-refractivity contribution in [1.29, 1.82) is 10.5 Å². The van der Waals surface area contributed by atoms with Gasteiger partial charge in [0.2, 0.25) is 10.0 Å². The van der Waals surface area contributed by atoms with Crippen LogP contribution in [0.15, 0.2) is 41.3 Å². The van der Waals surface area contributed by atoms with Crippen molar-refractivity contribution in [1.82, 2.24) is 14.2 Å². The van der Waals surface area contributed by atoms with E-state index in [1.54, 1.807) is 12.0 Å². The van der Waals surface area contributed by atoms with E-state index in [1.165, 1.54) is 35.6 Å². The molecule has 0 unspecified atom stereocenters. The van der Waals surface area contributed by atoms with Gasteiger partial charge in [0.05, 0.1) is 28.8 Å². The van der Waals surface area contributed by atoms with Crippen LogP contribution < -0.4 is 9.64 Å². The van der Waals surface area contributed by atoms with E-state index in [-0.39, 0.29) is 36.7 Å². The maximum Gasteiger partial charge on any atom is 0.260 e. The number of methoxy groups -OCH3 is 1.